The number of methoxy groups -OCH3 is 1. The fourth-order valence-corrected chi connectivity index (χ4v) is 4.17. The molecule has 0 spiro atoms. The summed E-state index contributed by atoms with van der Waals surface area (Å²) < 4.78 is 5.32. The molecule has 144 valence electrons. The first kappa shape index (κ1) is 19.0. The van der Waals surface area contributed by atoms with E-state index in [-0.39, 0.29) is 0 Å². The zero-order valence-corrected chi connectivity index (χ0v) is 16.3. The predicted octanol–water partition coefficient (Wildman–Crippen LogP) is 3.33. The van der Waals surface area contributed by atoms with Crippen LogP contribution in [0.25, 0.3) is 0 Å². The quantitative estimate of drug-likeness (QED) is 0.605. The Morgan fingerprint density at radius 3 is 2.42 bits per heavy atom. The van der Waals surface area contributed by atoms with Gasteiger partial charge in [0, 0.05) is 19.6 Å². The van der Waals surface area contributed by atoms with Gasteiger partial charge in [-0.2, -0.15) is 0 Å². The van der Waals surface area contributed by atoms with E-state index in [1.54, 1.807) is 7.11 Å². The van der Waals surface area contributed by atoms with Gasteiger partial charge in [0.2, 0.25) is 0 Å². The lowest BCUT2D eigenvalue weighted by molar-refractivity contribution is 0.245. The van der Waals surface area contributed by atoms with Gasteiger partial charge in [0.1, 0.15) is 5.75 Å². The van der Waals surface area contributed by atoms with Crippen LogP contribution in [0.4, 0.5) is 0 Å². The summed E-state index contributed by atoms with van der Waals surface area (Å²) in [4.78, 5) is 7.04. The minimum Gasteiger partial charge on any atom is -0.497 e. The van der Waals surface area contributed by atoms with E-state index in [1.807, 2.05) is 7.05 Å². The van der Waals surface area contributed by atoms with Gasteiger partial charge in [0.05, 0.1) is 13.2 Å². The Labute approximate surface area is 158 Å². The standard InChI is InChI=1S/C21H34N4O/c1-22-21(24-18-8-4-3-5-9-18)23-16-20(25-14-6-7-15-25)17-10-12-19(26-2)13-11-17/h10-13,18,20H,3-9,14-16H2,1-2H3,(H2,22,23,24). The molecule has 0 amide bonds. The molecule has 1 saturated carbocycles. The Kier molecular flexibility index (Phi) is 7.18. The van der Waals surface area contributed by atoms with Crippen molar-refractivity contribution in [1.29, 1.82) is 0 Å². The molecule has 1 aliphatic carbocycles. The molecule has 0 aromatic heterocycles. The van der Waals surface area contributed by atoms with Crippen LogP contribution >= 0.6 is 0 Å². The van der Waals surface area contributed by atoms with Gasteiger partial charge in [-0.15, -0.1) is 0 Å². The van der Waals surface area contributed by atoms with Crippen LogP contribution in [-0.4, -0.2) is 50.7 Å². The first-order chi connectivity index (χ1) is 12.8. The van der Waals surface area contributed by atoms with E-state index in [2.05, 4.69) is 44.8 Å². The molecule has 1 aliphatic heterocycles. The van der Waals surface area contributed by atoms with Gasteiger partial charge in [-0.1, -0.05) is 31.4 Å². The van der Waals surface area contributed by atoms with Crippen molar-refractivity contribution in [3.63, 3.8) is 0 Å². The second-order valence-corrected chi connectivity index (χ2v) is 7.46. The third kappa shape index (κ3) is 5.13. The van der Waals surface area contributed by atoms with Crippen molar-refractivity contribution in [2.45, 2.75) is 57.0 Å². The normalized spacial score (nSPS) is 20.8. The molecule has 2 aliphatic rings. The molecule has 1 aromatic rings. The van der Waals surface area contributed by atoms with Crippen LogP contribution in [0, 0.1) is 0 Å². The molecule has 2 N–H and O–H groups in total. The highest BCUT2D eigenvalue weighted by molar-refractivity contribution is 5.80. The maximum Gasteiger partial charge on any atom is 0.191 e. The lowest BCUT2D eigenvalue weighted by Crippen LogP contribution is -2.46. The summed E-state index contributed by atoms with van der Waals surface area (Å²) in [7, 11) is 3.59. The fourth-order valence-electron chi connectivity index (χ4n) is 4.17. The smallest absolute Gasteiger partial charge is 0.191 e. The number of benzene rings is 1. The predicted molar refractivity (Wildman–Crippen MR) is 108 cm³/mol. The molecular weight excluding hydrogens is 324 g/mol. The second kappa shape index (κ2) is 9.81. The topological polar surface area (TPSA) is 48.9 Å². The summed E-state index contributed by atoms with van der Waals surface area (Å²) in [5.74, 6) is 1.85. The lowest BCUT2D eigenvalue weighted by atomic mass is 9.96. The number of rotatable bonds is 6. The van der Waals surface area contributed by atoms with Crippen LogP contribution in [0.15, 0.2) is 29.3 Å². The summed E-state index contributed by atoms with van der Waals surface area (Å²) in [5, 5.41) is 7.21. The third-order valence-corrected chi connectivity index (χ3v) is 5.71. The first-order valence-corrected chi connectivity index (χ1v) is 10.2. The maximum absolute atomic E-state index is 5.32. The molecular formula is C21H34N4O. The molecule has 1 heterocycles. The van der Waals surface area contributed by atoms with Crippen LogP contribution in [0.2, 0.25) is 0 Å². The van der Waals surface area contributed by atoms with Gasteiger partial charge in [0.15, 0.2) is 5.96 Å². The average molecular weight is 359 g/mol. The largest absolute Gasteiger partial charge is 0.497 e. The molecule has 1 atom stereocenters. The Morgan fingerprint density at radius 1 is 1.12 bits per heavy atom. The summed E-state index contributed by atoms with van der Waals surface area (Å²) in [6.07, 6.45) is 9.14. The molecule has 2 fully saturated rings. The van der Waals surface area contributed by atoms with Crippen LogP contribution in [-0.2, 0) is 0 Å². The van der Waals surface area contributed by atoms with Crippen LogP contribution in [0.5, 0.6) is 5.75 Å². The molecule has 0 bridgehead atoms. The number of hydrogen-bond donors (Lipinski definition) is 2. The molecule has 0 radical (unpaired) electrons. The number of aliphatic imine (C=N–C) groups is 1. The molecule has 26 heavy (non-hydrogen) atoms. The van der Waals surface area contributed by atoms with Crippen molar-refractivity contribution in [3.05, 3.63) is 29.8 Å². The molecule has 1 saturated heterocycles. The van der Waals surface area contributed by atoms with E-state index in [0.29, 0.717) is 12.1 Å². The zero-order valence-electron chi connectivity index (χ0n) is 16.3. The van der Waals surface area contributed by atoms with E-state index < -0.39 is 0 Å². The van der Waals surface area contributed by atoms with Crippen molar-refractivity contribution in [1.82, 2.24) is 15.5 Å². The second-order valence-electron chi connectivity index (χ2n) is 7.46. The number of nitrogens with zero attached hydrogens (tertiary/aromatic N) is 2. The van der Waals surface area contributed by atoms with Crippen molar-refractivity contribution in [2.75, 3.05) is 33.8 Å². The van der Waals surface area contributed by atoms with Crippen molar-refractivity contribution < 1.29 is 4.74 Å². The van der Waals surface area contributed by atoms with Gasteiger partial charge in [-0.25, -0.2) is 0 Å². The van der Waals surface area contributed by atoms with Crippen LogP contribution in [0.1, 0.15) is 56.6 Å². The summed E-state index contributed by atoms with van der Waals surface area (Å²) in [6, 6.07) is 9.46. The Balaban J connectivity index is 1.62. The molecule has 5 nitrogen and oxygen atoms in total. The number of guanidine groups is 1. The lowest BCUT2D eigenvalue weighted by Gasteiger charge is -2.30. The highest BCUT2D eigenvalue weighted by atomic mass is 16.5. The Bertz CT molecular complexity index is 560. The number of ether oxygens (including phenoxy) is 1. The van der Waals surface area contributed by atoms with Gasteiger partial charge < -0.3 is 15.4 Å². The van der Waals surface area contributed by atoms with E-state index >= 15 is 0 Å². The van der Waals surface area contributed by atoms with E-state index in [4.69, 9.17) is 4.74 Å². The number of nitrogens with one attached hydrogen (secondary N) is 2. The van der Waals surface area contributed by atoms with Gasteiger partial charge in [-0.05, 0) is 56.5 Å². The Hall–Kier alpha value is -1.75. The van der Waals surface area contributed by atoms with Crippen LogP contribution < -0.4 is 15.4 Å². The molecule has 1 aromatic carbocycles. The third-order valence-electron chi connectivity index (χ3n) is 5.71. The molecule has 1 unspecified atom stereocenters. The minimum absolute atomic E-state index is 0.369. The van der Waals surface area contributed by atoms with E-state index in [9.17, 15) is 0 Å². The van der Waals surface area contributed by atoms with Gasteiger partial charge in [-0.3, -0.25) is 9.89 Å². The highest BCUT2D eigenvalue weighted by Gasteiger charge is 2.24. The van der Waals surface area contributed by atoms with Crippen molar-refractivity contribution in [2.24, 2.45) is 4.99 Å². The van der Waals surface area contributed by atoms with Crippen LogP contribution in [0.3, 0.4) is 0 Å². The monoisotopic (exact) mass is 358 g/mol. The number of likely N-dealkylation sites (tertiary alicyclic amines) is 1. The van der Waals surface area contributed by atoms with Crippen molar-refractivity contribution >= 4 is 5.96 Å². The summed E-state index contributed by atoms with van der Waals surface area (Å²) in [5.41, 5.74) is 1.34. The zero-order chi connectivity index (χ0) is 18.2. The van der Waals surface area contributed by atoms with E-state index in [1.165, 1.54) is 63.6 Å². The van der Waals surface area contributed by atoms with Crippen molar-refractivity contribution in [3.8, 4) is 5.75 Å². The molecule has 3 rings (SSSR count). The van der Waals surface area contributed by atoms with Gasteiger partial charge in [0.25, 0.3) is 0 Å². The first-order valence-electron chi connectivity index (χ1n) is 10.2. The Morgan fingerprint density at radius 2 is 1.81 bits per heavy atom. The number of hydrogen-bond acceptors (Lipinski definition) is 3. The maximum atomic E-state index is 5.32. The fraction of sp³-hybridized carbons (Fsp3) is 0.667. The average Bonchev–Trinajstić information content (AvgIpc) is 3.23. The van der Waals surface area contributed by atoms with E-state index in [0.717, 1.165) is 18.3 Å². The molecule has 5 heteroatoms. The van der Waals surface area contributed by atoms with Gasteiger partial charge >= 0.3 is 0 Å². The summed E-state index contributed by atoms with van der Waals surface area (Å²) >= 11 is 0. The summed E-state index contributed by atoms with van der Waals surface area (Å²) in [6.45, 7) is 3.22. The minimum atomic E-state index is 0.369. The highest BCUT2D eigenvalue weighted by Crippen LogP contribution is 2.26. The SMILES string of the molecule is CN=C(NCC(c1ccc(OC)cc1)N1CCCC1)NC1CCCCC1.